The van der Waals surface area contributed by atoms with Crippen molar-refractivity contribution < 1.29 is 0 Å². The first kappa shape index (κ1) is 14.0. The zero-order chi connectivity index (χ0) is 14.8. The van der Waals surface area contributed by atoms with E-state index in [1.54, 1.807) is 0 Å². The average Bonchev–Trinajstić information content (AvgIpc) is 3.02. The van der Waals surface area contributed by atoms with Gasteiger partial charge in [0.15, 0.2) is 0 Å². The minimum atomic E-state index is 1.13. The van der Waals surface area contributed by atoms with Crippen molar-refractivity contribution in [2.24, 2.45) is 0 Å². The number of hydrogen-bond acceptors (Lipinski definition) is 2. The van der Waals surface area contributed by atoms with E-state index in [2.05, 4.69) is 20.4 Å². The molecule has 0 spiro atoms. The number of aryl methyl sites for hydroxylation is 2. The Hall–Kier alpha value is -1.58. The van der Waals surface area contributed by atoms with Crippen LogP contribution in [-0.2, 0) is 25.7 Å². The van der Waals surface area contributed by atoms with Gasteiger partial charge in [-0.2, -0.15) is 10.2 Å². The van der Waals surface area contributed by atoms with Crippen LogP contribution < -0.4 is 0 Å². The van der Waals surface area contributed by atoms with Gasteiger partial charge in [0.25, 0.3) is 0 Å². The molecule has 2 aliphatic carbocycles. The molecule has 2 heterocycles. The maximum Gasteiger partial charge on any atom is 0.116 e. The van der Waals surface area contributed by atoms with Crippen LogP contribution in [0.1, 0.15) is 73.9 Å². The molecule has 118 valence electrons. The van der Waals surface area contributed by atoms with Crippen molar-refractivity contribution in [2.75, 3.05) is 0 Å². The number of H-pyrrole nitrogens is 2. The van der Waals surface area contributed by atoms with Crippen molar-refractivity contribution in [3.63, 3.8) is 0 Å². The summed E-state index contributed by atoms with van der Waals surface area (Å²) in [7, 11) is 0. The van der Waals surface area contributed by atoms with Gasteiger partial charge in [-0.3, -0.25) is 10.2 Å². The Morgan fingerprint density at radius 2 is 0.909 bits per heavy atom. The van der Waals surface area contributed by atoms with Gasteiger partial charge >= 0.3 is 0 Å². The monoisotopic (exact) mass is 298 g/mol. The van der Waals surface area contributed by atoms with Crippen LogP contribution in [0, 0.1) is 0 Å². The topological polar surface area (TPSA) is 57.4 Å². The SMILES string of the molecule is C1CCCc2c(-c3n[nH]c4c3CCCCCC4)n[nH]c2CC1. The smallest absolute Gasteiger partial charge is 0.116 e. The van der Waals surface area contributed by atoms with E-state index < -0.39 is 0 Å². The number of nitrogens with zero attached hydrogens (tertiary/aromatic N) is 2. The van der Waals surface area contributed by atoms with Crippen molar-refractivity contribution in [1.29, 1.82) is 0 Å². The van der Waals surface area contributed by atoms with Crippen LogP contribution in [0.15, 0.2) is 0 Å². The summed E-state index contributed by atoms with van der Waals surface area (Å²) in [6, 6.07) is 0. The maximum atomic E-state index is 4.68. The molecule has 4 nitrogen and oxygen atoms in total. The summed E-state index contributed by atoms with van der Waals surface area (Å²) in [6.07, 6.45) is 15.1. The number of rotatable bonds is 1. The number of aromatic amines is 2. The first-order valence-corrected chi connectivity index (χ1v) is 9.06. The van der Waals surface area contributed by atoms with Crippen molar-refractivity contribution >= 4 is 0 Å². The molecule has 2 aliphatic rings. The fourth-order valence-electron chi connectivity index (χ4n) is 4.06. The highest BCUT2D eigenvalue weighted by atomic mass is 15.2. The van der Waals surface area contributed by atoms with Gasteiger partial charge in [-0.1, -0.05) is 25.7 Å². The molecule has 0 radical (unpaired) electrons. The van der Waals surface area contributed by atoms with Crippen LogP contribution in [0.25, 0.3) is 11.4 Å². The maximum absolute atomic E-state index is 4.68. The lowest BCUT2D eigenvalue weighted by Crippen LogP contribution is -2.01. The predicted octanol–water partition coefficient (Wildman–Crippen LogP) is 4.12. The Morgan fingerprint density at radius 3 is 1.36 bits per heavy atom. The number of aromatic nitrogens is 4. The zero-order valence-corrected chi connectivity index (χ0v) is 13.4. The van der Waals surface area contributed by atoms with Gasteiger partial charge in [-0.15, -0.1) is 0 Å². The third kappa shape index (κ3) is 2.59. The molecule has 0 bridgehead atoms. The summed E-state index contributed by atoms with van der Waals surface area (Å²) in [5.74, 6) is 0. The van der Waals surface area contributed by atoms with Crippen LogP contribution >= 0.6 is 0 Å². The molecule has 2 aromatic rings. The summed E-state index contributed by atoms with van der Waals surface area (Å²) in [5.41, 5.74) is 7.87. The standard InChI is InChI=1S/C18H26N4/c1-3-7-11-15-13(9-5-1)17(21-19-15)18-14-10-6-2-4-8-12-16(14)20-22-18/h1-12H2,(H,19,21)(H,20,22). The van der Waals surface area contributed by atoms with Crippen LogP contribution in [0.2, 0.25) is 0 Å². The van der Waals surface area contributed by atoms with Crippen molar-refractivity contribution in [2.45, 2.75) is 77.0 Å². The Morgan fingerprint density at radius 1 is 0.500 bits per heavy atom. The number of nitrogens with one attached hydrogen (secondary N) is 2. The molecule has 2 aromatic heterocycles. The molecule has 0 amide bonds. The molecule has 0 aliphatic heterocycles. The number of hydrogen-bond donors (Lipinski definition) is 2. The highest BCUT2D eigenvalue weighted by molar-refractivity contribution is 5.65. The van der Waals surface area contributed by atoms with E-state index in [0.29, 0.717) is 0 Å². The molecule has 0 fully saturated rings. The van der Waals surface area contributed by atoms with Gasteiger partial charge in [0.05, 0.1) is 0 Å². The van der Waals surface area contributed by atoms with E-state index in [0.717, 1.165) is 37.1 Å². The van der Waals surface area contributed by atoms with Crippen LogP contribution in [0.3, 0.4) is 0 Å². The second kappa shape index (κ2) is 6.27. The molecule has 0 saturated heterocycles. The van der Waals surface area contributed by atoms with Crippen LogP contribution in [-0.4, -0.2) is 20.4 Å². The summed E-state index contributed by atoms with van der Waals surface area (Å²) >= 11 is 0. The van der Waals surface area contributed by atoms with Crippen molar-refractivity contribution in [3.05, 3.63) is 22.5 Å². The van der Waals surface area contributed by atoms with Gasteiger partial charge < -0.3 is 0 Å². The first-order valence-electron chi connectivity index (χ1n) is 9.06. The summed E-state index contributed by atoms with van der Waals surface area (Å²) in [5, 5.41) is 16.0. The lowest BCUT2D eigenvalue weighted by Gasteiger charge is -2.11. The van der Waals surface area contributed by atoms with Gasteiger partial charge in [-0.25, -0.2) is 0 Å². The van der Waals surface area contributed by atoms with Crippen molar-refractivity contribution in [1.82, 2.24) is 20.4 Å². The quantitative estimate of drug-likeness (QED) is 0.832. The Bertz CT molecular complexity index is 581. The van der Waals surface area contributed by atoms with Crippen LogP contribution in [0.5, 0.6) is 0 Å². The molecular formula is C18H26N4. The first-order chi connectivity index (χ1) is 10.9. The van der Waals surface area contributed by atoms with E-state index in [4.69, 9.17) is 0 Å². The fourth-order valence-corrected chi connectivity index (χ4v) is 4.06. The minimum absolute atomic E-state index is 1.13. The Balaban J connectivity index is 1.73. The third-order valence-electron chi connectivity index (χ3n) is 5.34. The van der Waals surface area contributed by atoms with Gasteiger partial charge in [-0.05, 0) is 51.4 Å². The van der Waals surface area contributed by atoms with E-state index in [1.165, 1.54) is 73.9 Å². The Kier molecular flexibility index (Phi) is 4.00. The molecule has 0 saturated carbocycles. The molecule has 4 rings (SSSR count). The van der Waals surface area contributed by atoms with E-state index in [9.17, 15) is 0 Å². The summed E-state index contributed by atoms with van der Waals surface area (Å²) < 4.78 is 0. The second-order valence-corrected chi connectivity index (χ2v) is 6.89. The zero-order valence-electron chi connectivity index (χ0n) is 13.4. The normalized spacial score (nSPS) is 19.5. The lowest BCUT2D eigenvalue weighted by atomic mass is 9.92. The van der Waals surface area contributed by atoms with Crippen molar-refractivity contribution in [3.8, 4) is 11.4 Å². The number of fused-ring (bicyclic) bond motifs is 2. The fraction of sp³-hybridized carbons (Fsp3) is 0.667. The van der Waals surface area contributed by atoms with Gasteiger partial charge in [0.2, 0.25) is 0 Å². The molecule has 22 heavy (non-hydrogen) atoms. The average molecular weight is 298 g/mol. The summed E-state index contributed by atoms with van der Waals surface area (Å²) in [6.45, 7) is 0. The lowest BCUT2D eigenvalue weighted by molar-refractivity contribution is 0.611. The molecule has 0 aromatic carbocycles. The largest absolute Gasteiger partial charge is 0.282 e. The molecule has 0 atom stereocenters. The molecule has 4 heteroatoms. The van der Waals surface area contributed by atoms with E-state index in [1.807, 2.05) is 0 Å². The predicted molar refractivity (Wildman–Crippen MR) is 87.9 cm³/mol. The van der Waals surface area contributed by atoms with Gasteiger partial charge in [0, 0.05) is 22.5 Å². The second-order valence-electron chi connectivity index (χ2n) is 6.89. The van der Waals surface area contributed by atoms with Crippen LogP contribution in [0.4, 0.5) is 0 Å². The Labute approximate surface area is 132 Å². The molecule has 0 unspecified atom stereocenters. The van der Waals surface area contributed by atoms with Gasteiger partial charge in [0.1, 0.15) is 11.4 Å². The third-order valence-corrected chi connectivity index (χ3v) is 5.34. The van der Waals surface area contributed by atoms with E-state index >= 15 is 0 Å². The highest BCUT2D eigenvalue weighted by Gasteiger charge is 2.22. The molecular weight excluding hydrogens is 272 g/mol. The molecule has 2 N–H and O–H groups in total. The minimum Gasteiger partial charge on any atom is -0.282 e. The highest BCUT2D eigenvalue weighted by Crippen LogP contribution is 2.32. The summed E-state index contributed by atoms with van der Waals surface area (Å²) in [4.78, 5) is 0. The van der Waals surface area contributed by atoms with E-state index in [-0.39, 0.29) is 0 Å².